The van der Waals surface area contributed by atoms with Crippen molar-refractivity contribution in [2.75, 3.05) is 24.6 Å². The minimum Gasteiger partial charge on any atom is -0.351 e. The van der Waals surface area contributed by atoms with Crippen LogP contribution in [0.3, 0.4) is 0 Å². The lowest BCUT2D eigenvalue weighted by molar-refractivity contribution is -0.125. The molecule has 5 nitrogen and oxygen atoms in total. The first kappa shape index (κ1) is 13.4. The highest BCUT2D eigenvalue weighted by Crippen LogP contribution is 2.28. The van der Waals surface area contributed by atoms with Gasteiger partial charge in [0.25, 0.3) is 0 Å². The molecule has 3 atom stereocenters. The van der Waals surface area contributed by atoms with Crippen molar-refractivity contribution in [2.24, 2.45) is 5.92 Å². The van der Waals surface area contributed by atoms with Gasteiger partial charge in [-0.15, -0.1) is 0 Å². The molecule has 19 heavy (non-hydrogen) atoms. The maximum absolute atomic E-state index is 12.2. The summed E-state index contributed by atoms with van der Waals surface area (Å²) in [5.74, 6) is -0.147. The Bertz CT molecular complexity index is 463. The number of nitrogens with zero attached hydrogens (tertiary/aromatic N) is 1. The number of fused-ring (bicyclic) bond motifs is 1. The second-order valence-corrected chi connectivity index (χ2v) is 8.33. The predicted octanol–water partition coefficient (Wildman–Crippen LogP) is 0.164. The zero-order valence-corrected chi connectivity index (χ0v) is 12.0. The van der Waals surface area contributed by atoms with Gasteiger partial charge >= 0.3 is 0 Å². The average Bonchev–Trinajstić information content (AvgIpc) is 2.94. The van der Waals surface area contributed by atoms with Crippen LogP contribution in [0.1, 0.15) is 32.1 Å². The molecule has 6 heteroatoms. The number of amides is 1. The van der Waals surface area contributed by atoms with Gasteiger partial charge in [0.1, 0.15) is 0 Å². The van der Waals surface area contributed by atoms with Gasteiger partial charge in [0.05, 0.1) is 17.4 Å². The van der Waals surface area contributed by atoms with E-state index in [0.29, 0.717) is 12.5 Å². The van der Waals surface area contributed by atoms with Gasteiger partial charge in [-0.2, -0.15) is 0 Å². The molecular weight excluding hydrogens is 264 g/mol. The molecule has 3 rings (SSSR count). The van der Waals surface area contributed by atoms with E-state index in [1.165, 1.54) is 12.8 Å². The molecule has 1 amide bonds. The average molecular weight is 286 g/mol. The second kappa shape index (κ2) is 5.05. The van der Waals surface area contributed by atoms with E-state index in [2.05, 4.69) is 10.2 Å². The second-order valence-electron chi connectivity index (χ2n) is 6.10. The molecule has 3 aliphatic heterocycles. The van der Waals surface area contributed by atoms with Gasteiger partial charge in [-0.3, -0.25) is 9.69 Å². The maximum Gasteiger partial charge on any atom is 0.224 e. The highest BCUT2D eigenvalue weighted by atomic mass is 32.2. The quantitative estimate of drug-likeness (QED) is 0.785. The summed E-state index contributed by atoms with van der Waals surface area (Å²) in [6.45, 7) is 2.22. The van der Waals surface area contributed by atoms with E-state index in [0.717, 1.165) is 25.9 Å². The van der Waals surface area contributed by atoms with Gasteiger partial charge < -0.3 is 5.32 Å². The number of hydrogen-bond donors (Lipinski definition) is 1. The molecule has 3 aliphatic rings. The topological polar surface area (TPSA) is 66.5 Å². The maximum atomic E-state index is 12.2. The summed E-state index contributed by atoms with van der Waals surface area (Å²) < 4.78 is 22.8. The molecule has 3 fully saturated rings. The Morgan fingerprint density at radius 3 is 2.68 bits per heavy atom. The normalized spacial score (nSPS) is 38.0. The number of nitrogens with one attached hydrogen (secondary N) is 1. The van der Waals surface area contributed by atoms with Gasteiger partial charge in [0, 0.05) is 18.6 Å². The van der Waals surface area contributed by atoms with Crippen LogP contribution in [0.15, 0.2) is 0 Å². The van der Waals surface area contributed by atoms with Crippen LogP contribution in [0.2, 0.25) is 0 Å². The van der Waals surface area contributed by atoms with Crippen LogP contribution in [0, 0.1) is 5.92 Å². The summed E-state index contributed by atoms with van der Waals surface area (Å²) >= 11 is 0. The Morgan fingerprint density at radius 2 is 1.95 bits per heavy atom. The van der Waals surface area contributed by atoms with Gasteiger partial charge in [-0.25, -0.2) is 8.42 Å². The largest absolute Gasteiger partial charge is 0.351 e. The van der Waals surface area contributed by atoms with E-state index in [4.69, 9.17) is 0 Å². The minimum absolute atomic E-state index is 0.0416. The fraction of sp³-hybridized carbons (Fsp3) is 0.923. The fourth-order valence-corrected chi connectivity index (χ4v) is 5.46. The molecule has 3 saturated heterocycles. The number of rotatable bonds is 2. The van der Waals surface area contributed by atoms with Gasteiger partial charge in [0.15, 0.2) is 9.84 Å². The van der Waals surface area contributed by atoms with E-state index in [1.807, 2.05) is 0 Å². The number of carbonyl (C=O) groups is 1. The SMILES string of the molecule is O=C(N[C@@H]1CCN2CCCC[C@H]12)[C@@H]1CCS(=O)(=O)C1. The lowest BCUT2D eigenvalue weighted by atomic mass is 9.98. The van der Waals surface area contributed by atoms with Crippen LogP contribution in [0.4, 0.5) is 0 Å². The fourth-order valence-electron chi connectivity index (χ4n) is 3.72. The van der Waals surface area contributed by atoms with Crippen molar-refractivity contribution < 1.29 is 13.2 Å². The Hall–Kier alpha value is -0.620. The molecule has 0 bridgehead atoms. The predicted molar refractivity (Wildman–Crippen MR) is 72.5 cm³/mol. The minimum atomic E-state index is -2.97. The summed E-state index contributed by atoms with van der Waals surface area (Å²) in [6.07, 6.45) is 5.17. The van der Waals surface area contributed by atoms with Crippen molar-refractivity contribution in [3.8, 4) is 0 Å². The highest BCUT2D eigenvalue weighted by molar-refractivity contribution is 7.91. The summed E-state index contributed by atoms with van der Waals surface area (Å²) in [4.78, 5) is 14.6. The summed E-state index contributed by atoms with van der Waals surface area (Å²) in [5, 5.41) is 3.11. The van der Waals surface area contributed by atoms with E-state index < -0.39 is 9.84 Å². The standard InChI is InChI=1S/C13H22N2O3S/c16-13(10-5-8-19(17,18)9-10)14-11-4-7-15-6-2-1-3-12(11)15/h10-12H,1-9H2,(H,14,16)/t10-,11-,12-/m1/s1. The zero-order chi connectivity index (χ0) is 13.5. The molecule has 1 N–H and O–H groups in total. The molecule has 3 heterocycles. The van der Waals surface area contributed by atoms with E-state index >= 15 is 0 Å². The van der Waals surface area contributed by atoms with E-state index in [9.17, 15) is 13.2 Å². The van der Waals surface area contributed by atoms with Gasteiger partial charge in [0.2, 0.25) is 5.91 Å². The van der Waals surface area contributed by atoms with Crippen LogP contribution in [-0.2, 0) is 14.6 Å². The Morgan fingerprint density at radius 1 is 1.11 bits per heavy atom. The smallest absolute Gasteiger partial charge is 0.224 e. The zero-order valence-electron chi connectivity index (χ0n) is 11.2. The summed E-state index contributed by atoms with van der Waals surface area (Å²) in [7, 11) is -2.97. The molecule has 0 aliphatic carbocycles. The van der Waals surface area contributed by atoms with Crippen LogP contribution in [0.25, 0.3) is 0 Å². The molecule has 0 saturated carbocycles. The third-order valence-electron chi connectivity index (χ3n) is 4.79. The van der Waals surface area contributed by atoms with Crippen LogP contribution in [0.5, 0.6) is 0 Å². The molecule has 108 valence electrons. The van der Waals surface area contributed by atoms with Crippen LogP contribution >= 0.6 is 0 Å². The van der Waals surface area contributed by atoms with Crippen molar-refractivity contribution in [1.29, 1.82) is 0 Å². The Labute approximate surface area is 114 Å². The molecule has 0 aromatic heterocycles. The number of sulfone groups is 1. The highest BCUT2D eigenvalue weighted by Gasteiger charge is 2.39. The third-order valence-corrected chi connectivity index (χ3v) is 6.55. The number of carbonyl (C=O) groups excluding carboxylic acids is 1. The summed E-state index contributed by atoms with van der Waals surface area (Å²) in [5.41, 5.74) is 0. The van der Waals surface area contributed by atoms with E-state index in [-0.39, 0.29) is 29.4 Å². The van der Waals surface area contributed by atoms with Crippen LogP contribution < -0.4 is 5.32 Å². The van der Waals surface area contributed by atoms with Gasteiger partial charge in [-0.1, -0.05) is 6.42 Å². The Balaban J connectivity index is 1.58. The van der Waals surface area contributed by atoms with Crippen molar-refractivity contribution in [2.45, 2.75) is 44.2 Å². The molecule has 0 spiro atoms. The first-order valence-electron chi connectivity index (χ1n) is 7.30. The summed E-state index contributed by atoms with van der Waals surface area (Å²) in [6, 6.07) is 0.715. The number of hydrogen-bond acceptors (Lipinski definition) is 4. The number of piperidine rings is 1. The van der Waals surface area contributed by atoms with Crippen molar-refractivity contribution in [3.63, 3.8) is 0 Å². The molecule has 0 unspecified atom stereocenters. The van der Waals surface area contributed by atoms with Gasteiger partial charge in [-0.05, 0) is 32.2 Å². The molecule has 0 aromatic rings. The monoisotopic (exact) mass is 286 g/mol. The Kier molecular flexibility index (Phi) is 3.55. The van der Waals surface area contributed by atoms with Crippen molar-refractivity contribution in [1.82, 2.24) is 10.2 Å². The third kappa shape index (κ3) is 2.79. The lowest BCUT2D eigenvalue weighted by Gasteiger charge is -2.32. The van der Waals surface area contributed by atoms with Crippen molar-refractivity contribution in [3.05, 3.63) is 0 Å². The molecular formula is C13H22N2O3S. The molecule has 0 aromatic carbocycles. The lowest BCUT2D eigenvalue weighted by Crippen LogP contribution is -2.48. The first-order chi connectivity index (χ1) is 9.05. The molecule has 0 radical (unpaired) electrons. The van der Waals surface area contributed by atoms with Crippen molar-refractivity contribution >= 4 is 15.7 Å². The first-order valence-corrected chi connectivity index (χ1v) is 9.12. The van der Waals surface area contributed by atoms with Crippen LogP contribution in [-0.4, -0.2) is 55.9 Å². The van der Waals surface area contributed by atoms with E-state index in [1.54, 1.807) is 0 Å².